The molecule has 11 nitrogen and oxygen atoms in total. The Kier molecular flexibility index (Phi) is 5.61. The molecule has 0 fully saturated rings. The van der Waals surface area contributed by atoms with Gasteiger partial charge in [-0.2, -0.15) is 5.10 Å². The predicted molar refractivity (Wildman–Crippen MR) is 100 cm³/mol. The summed E-state index contributed by atoms with van der Waals surface area (Å²) in [5.74, 6) is -1.20. The topological polar surface area (TPSA) is 152 Å². The van der Waals surface area contributed by atoms with Crippen molar-refractivity contribution in [3.8, 4) is 0 Å². The van der Waals surface area contributed by atoms with Crippen LogP contribution in [0.5, 0.6) is 0 Å². The van der Waals surface area contributed by atoms with Crippen LogP contribution in [0.4, 0.5) is 5.69 Å². The average molecular weight is 404 g/mol. The first kappa shape index (κ1) is 19.4. The van der Waals surface area contributed by atoms with Crippen LogP contribution in [0.15, 0.2) is 29.9 Å². The summed E-state index contributed by atoms with van der Waals surface area (Å²) < 4.78 is 2.03. The van der Waals surface area contributed by atoms with E-state index in [9.17, 15) is 24.8 Å². The van der Waals surface area contributed by atoms with Crippen molar-refractivity contribution in [2.45, 2.75) is 6.10 Å². The fourth-order valence-electron chi connectivity index (χ4n) is 2.42. The van der Waals surface area contributed by atoms with Crippen LogP contribution in [-0.2, 0) is 7.05 Å². The van der Waals surface area contributed by atoms with Crippen molar-refractivity contribution in [2.75, 3.05) is 13.1 Å². The second-order valence-electron chi connectivity index (χ2n) is 5.90. The first-order valence-electron chi connectivity index (χ1n) is 8.11. The second-order valence-corrected chi connectivity index (χ2v) is 6.84. The Balaban J connectivity index is 1.51. The highest BCUT2D eigenvalue weighted by atomic mass is 32.1. The van der Waals surface area contributed by atoms with Gasteiger partial charge >= 0.3 is 5.69 Å². The number of nitro groups is 1. The molecule has 146 valence electrons. The van der Waals surface area contributed by atoms with E-state index >= 15 is 0 Å². The molecular weight excluding hydrogens is 388 g/mol. The molecule has 0 spiro atoms. The third-order valence-corrected chi connectivity index (χ3v) is 4.64. The molecule has 0 aliphatic heterocycles. The van der Waals surface area contributed by atoms with Gasteiger partial charge in [0.25, 0.3) is 11.8 Å². The summed E-state index contributed by atoms with van der Waals surface area (Å²) in [6.07, 6.45) is 1.47. The van der Waals surface area contributed by atoms with Crippen LogP contribution in [0.3, 0.4) is 0 Å². The number of aliphatic hydroxyl groups excluding tert-OH is 1. The number of hydrogen-bond acceptors (Lipinski definition) is 8. The molecule has 28 heavy (non-hydrogen) atoms. The molecule has 1 unspecified atom stereocenters. The molecule has 0 aliphatic carbocycles. The summed E-state index contributed by atoms with van der Waals surface area (Å²) in [6.45, 7) is -0.332. The number of hydrogen-bond donors (Lipinski definition) is 3. The molecule has 3 heterocycles. The molecule has 0 bridgehead atoms. The Hall–Kier alpha value is -3.38. The number of carbonyl (C=O) groups excluding carboxylic acids is 2. The Morgan fingerprint density at radius 3 is 2.79 bits per heavy atom. The molecule has 3 N–H and O–H groups in total. The number of aryl methyl sites for hydroxylation is 1. The zero-order chi connectivity index (χ0) is 20.3. The molecule has 0 radical (unpaired) electrons. The van der Waals surface area contributed by atoms with Crippen molar-refractivity contribution in [3.05, 3.63) is 51.3 Å². The van der Waals surface area contributed by atoms with Gasteiger partial charge in [-0.15, -0.1) is 11.3 Å². The number of pyridine rings is 1. The van der Waals surface area contributed by atoms with E-state index in [0.29, 0.717) is 5.56 Å². The SMILES string of the molecule is Cn1cc([N+](=O)[O-])c(C(=O)NCC(O)CNC(=O)c2cnc3ccsc3c2)n1. The largest absolute Gasteiger partial charge is 0.389 e. The van der Waals surface area contributed by atoms with Crippen LogP contribution in [0.25, 0.3) is 10.2 Å². The van der Waals surface area contributed by atoms with Crippen molar-refractivity contribution < 1.29 is 19.6 Å². The highest BCUT2D eigenvalue weighted by Gasteiger charge is 2.25. The Labute approximate surface area is 162 Å². The lowest BCUT2D eigenvalue weighted by Crippen LogP contribution is -2.40. The van der Waals surface area contributed by atoms with Gasteiger partial charge < -0.3 is 15.7 Å². The lowest BCUT2D eigenvalue weighted by molar-refractivity contribution is -0.385. The number of rotatable bonds is 7. The summed E-state index contributed by atoms with van der Waals surface area (Å²) >= 11 is 1.46. The van der Waals surface area contributed by atoms with Crippen molar-refractivity contribution in [1.29, 1.82) is 0 Å². The molecule has 0 aliphatic rings. The van der Waals surface area contributed by atoms with Crippen molar-refractivity contribution in [1.82, 2.24) is 25.4 Å². The maximum absolute atomic E-state index is 12.2. The van der Waals surface area contributed by atoms with E-state index in [4.69, 9.17) is 0 Å². The molecule has 0 saturated carbocycles. The van der Waals surface area contributed by atoms with Gasteiger partial charge in [-0.3, -0.25) is 29.4 Å². The number of amides is 2. The van der Waals surface area contributed by atoms with E-state index in [1.54, 1.807) is 6.07 Å². The summed E-state index contributed by atoms with van der Waals surface area (Å²) in [5.41, 5.74) is 0.376. The molecule has 2 amide bonds. The molecule has 3 rings (SSSR count). The summed E-state index contributed by atoms with van der Waals surface area (Å²) in [6, 6.07) is 3.55. The second kappa shape index (κ2) is 8.10. The molecule has 0 saturated heterocycles. The quantitative estimate of drug-likeness (QED) is 0.382. The van der Waals surface area contributed by atoms with Crippen molar-refractivity contribution >= 4 is 39.1 Å². The van der Waals surface area contributed by atoms with Crippen molar-refractivity contribution in [2.24, 2.45) is 7.05 Å². The highest BCUT2D eigenvalue weighted by Crippen LogP contribution is 2.19. The summed E-state index contributed by atoms with van der Waals surface area (Å²) in [4.78, 5) is 38.6. The van der Waals surface area contributed by atoms with Crippen LogP contribution >= 0.6 is 11.3 Å². The summed E-state index contributed by atoms with van der Waals surface area (Å²) in [5, 5.41) is 31.4. The minimum Gasteiger partial charge on any atom is -0.389 e. The van der Waals surface area contributed by atoms with E-state index in [-0.39, 0.29) is 18.8 Å². The number of aliphatic hydroxyl groups is 1. The van der Waals surface area contributed by atoms with Gasteiger partial charge in [0, 0.05) is 26.3 Å². The molecule has 1 atom stereocenters. The standard InChI is InChI=1S/C16H16N6O5S/c1-21-8-12(22(26)27)14(20-21)16(25)19-7-10(23)6-18-15(24)9-4-13-11(17-5-9)2-3-28-13/h2-5,8,10,23H,6-7H2,1H3,(H,18,24)(H,19,25). The zero-order valence-corrected chi connectivity index (χ0v) is 15.5. The van der Waals surface area contributed by atoms with Gasteiger partial charge in [-0.25, -0.2) is 0 Å². The first-order valence-corrected chi connectivity index (χ1v) is 8.99. The van der Waals surface area contributed by atoms with Crippen molar-refractivity contribution in [3.63, 3.8) is 0 Å². The van der Waals surface area contributed by atoms with Crippen LogP contribution in [0.1, 0.15) is 20.8 Å². The number of nitrogens with one attached hydrogen (secondary N) is 2. The number of thiophene rings is 1. The Morgan fingerprint density at radius 1 is 1.36 bits per heavy atom. The fourth-order valence-corrected chi connectivity index (χ4v) is 3.20. The van der Waals surface area contributed by atoms with Gasteiger partial charge in [0.05, 0.1) is 26.8 Å². The lowest BCUT2D eigenvalue weighted by atomic mass is 10.2. The van der Waals surface area contributed by atoms with E-state index in [1.807, 2.05) is 11.4 Å². The van der Waals surface area contributed by atoms with Crippen LogP contribution in [0, 0.1) is 10.1 Å². The van der Waals surface area contributed by atoms with E-state index in [0.717, 1.165) is 21.1 Å². The molecule has 0 aromatic carbocycles. The van der Waals surface area contributed by atoms with Gasteiger partial charge in [0.2, 0.25) is 5.69 Å². The maximum atomic E-state index is 12.2. The first-order chi connectivity index (χ1) is 13.3. The normalized spacial score (nSPS) is 11.9. The smallest absolute Gasteiger partial charge is 0.320 e. The zero-order valence-electron chi connectivity index (χ0n) is 14.7. The van der Waals surface area contributed by atoms with Gasteiger partial charge in [0.1, 0.15) is 6.20 Å². The molecule has 12 heteroatoms. The Bertz CT molecular complexity index is 1050. The van der Waals surface area contributed by atoms with Crippen LogP contribution < -0.4 is 10.6 Å². The molecule has 3 aromatic heterocycles. The molecular formula is C16H16N6O5S. The molecule has 3 aromatic rings. The number of fused-ring (bicyclic) bond motifs is 1. The average Bonchev–Trinajstić information content (AvgIpc) is 3.29. The number of nitrogens with zero attached hydrogens (tertiary/aromatic N) is 4. The minimum absolute atomic E-state index is 0.119. The summed E-state index contributed by atoms with van der Waals surface area (Å²) in [7, 11) is 1.45. The Morgan fingerprint density at radius 2 is 2.07 bits per heavy atom. The van der Waals surface area contributed by atoms with Gasteiger partial charge in [-0.1, -0.05) is 0 Å². The van der Waals surface area contributed by atoms with E-state index in [1.165, 1.54) is 24.6 Å². The maximum Gasteiger partial charge on any atom is 0.320 e. The minimum atomic E-state index is -1.09. The van der Waals surface area contributed by atoms with Gasteiger partial charge in [-0.05, 0) is 17.5 Å². The van der Waals surface area contributed by atoms with Crippen LogP contribution in [-0.4, -0.2) is 55.8 Å². The number of aromatic nitrogens is 3. The highest BCUT2D eigenvalue weighted by molar-refractivity contribution is 7.17. The van der Waals surface area contributed by atoms with E-state index in [2.05, 4.69) is 20.7 Å². The monoisotopic (exact) mass is 404 g/mol. The fraction of sp³-hybridized carbons (Fsp3) is 0.250. The van der Waals surface area contributed by atoms with Crippen LogP contribution in [0.2, 0.25) is 0 Å². The third-order valence-electron chi connectivity index (χ3n) is 3.78. The lowest BCUT2D eigenvalue weighted by Gasteiger charge is -2.12. The van der Waals surface area contributed by atoms with Gasteiger partial charge in [0.15, 0.2) is 0 Å². The number of carbonyl (C=O) groups is 2. The van der Waals surface area contributed by atoms with E-state index < -0.39 is 28.5 Å². The predicted octanol–water partition coefficient (Wildman–Crippen LogP) is 0.459. The third kappa shape index (κ3) is 4.29.